The summed E-state index contributed by atoms with van der Waals surface area (Å²) < 4.78 is 8.78. The van der Waals surface area contributed by atoms with Crippen molar-refractivity contribution in [1.82, 2.24) is 29.9 Å². The molecule has 0 amide bonds. The fourth-order valence-electron chi connectivity index (χ4n) is 2.67. The van der Waals surface area contributed by atoms with Crippen molar-refractivity contribution < 1.29 is 9.32 Å². The molecular formula is C16H20N6O2S. The highest BCUT2D eigenvalue weighted by molar-refractivity contribution is 7.99. The van der Waals surface area contributed by atoms with E-state index in [-0.39, 0.29) is 17.6 Å². The quantitative estimate of drug-likeness (QED) is 0.493. The third-order valence-electron chi connectivity index (χ3n) is 3.86. The van der Waals surface area contributed by atoms with E-state index in [4.69, 9.17) is 4.52 Å². The first kappa shape index (κ1) is 17.4. The Labute approximate surface area is 149 Å². The first-order valence-electron chi connectivity index (χ1n) is 7.95. The van der Waals surface area contributed by atoms with Crippen LogP contribution in [0, 0.1) is 20.8 Å². The van der Waals surface area contributed by atoms with Gasteiger partial charge in [0.05, 0.1) is 11.8 Å². The summed E-state index contributed by atoms with van der Waals surface area (Å²) in [6.07, 6.45) is 0. The Hall–Kier alpha value is -2.42. The lowest BCUT2D eigenvalue weighted by molar-refractivity contribution is 0.102. The van der Waals surface area contributed by atoms with Gasteiger partial charge in [0, 0.05) is 23.0 Å². The van der Waals surface area contributed by atoms with Gasteiger partial charge in [-0.15, -0.1) is 5.10 Å². The second kappa shape index (κ2) is 6.83. The maximum atomic E-state index is 12.7. The van der Waals surface area contributed by atoms with E-state index in [0.717, 1.165) is 17.1 Å². The molecule has 3 aromatic heterocycles. The summed E-state index contributed by atoms with van der Waals surface area (Å²) >= 11 is 1.34. The average molecular weight is 360 g/mol. The summed E-state index contributed by atoms with van der Waals surface area (Å²) in [5, 5.41) is 16.3. The highest BCUT2D eigenvalue weighted by atomic mass is 32.2. The molecule has 0 fully saturated rings. The van der Waals surface area contributed by atoms with E-state index >= 15 is 0 Å². The van der Waals surface area contributed by atoms with Gasteiger partial charge in [0.2, 0.25) is 5.16 Å². The Morgan fingerprint density at radius 2 is 2.04 bits per heavy atom. The zero-order chi connectivity index (χ0) is 18.1. The number of ketones is 1. The molecule has 0 N–H and O–H groups in total. The van der Waals surface area contributed by atoms with Gasteiger partial charge in [-0.1, -0.05) is 16.9 Å². The molecule has 0 aliphatic carbocycles. The van der Waals surface area contributed by atoms with Gasteiger partial charge in [-0.2, -0.15) is 0 Å². The van der Waals surface area contributed by atoms with Gasteiger partial charge in [0.1, 0.15) is 5.76 Å². The van der Waals surface area contributed by atoms with Gasteiger partial charge in [0.15, 0.2) is 11.6 Å². The van der Waals surface area contributed by atoms with Crippen LogP contribution in [0.1, 0.15) is 47.4 Å². The average Bonchev–Trinajstić information content (AvgIpc) is 3.24. The standard InChI is InChI=1S/C16H20N6O2S/c1-9(2)22-16(17-19-20-22)25-8-14(23)13-6-10(3)21(12(13)5)15-7-11(4)24-18-15/h6-7,9H,8H2,1-5H3. The van der Waals surface area contributed by atoms with Crippen LogP contribution in [0.25, 0.3) is 5.82 Å². The van der Waals surface area contributed by atoms with Crippen LogP contribution in [0.3, 0.4) is 0 Å². The smallest absolute Gasteiger partial charge is 0.209 e. The summed E-state index contributed by atoms with van der Waals surface area (Å²) in [5.41, 5.74) is 2.46. The number of Topliss-reactive ketones (excluding diaryl/α,β-unsaturated/α-hetero) is 1. The number of nitrogens with zero attached hydrogens (tertiary/aromatic N) is 6. The van der Waals surface area contributed by atoms with Crippen LogP contribution in [0.15, 0.2) is 21.8 Å². The molecule has 9 heteroatoms. The van der Waals surface area contributed by atoms with Crippen molar-refractivity contribution in [3.63, 3.8) is 0 Å². The number of tetrazole rings is 1. The fourth-order valence-corrected chi connectivity index (χ4v) is 3.56. The van der Waals surface area contributed by atoms with Gasteiger partial charge < -0.3 is 4.52 Å². The third-order valence-corrected chi connectivity index (χ3v) is 4.79. The first-order valence-corrected chi connectivity index (χ1v) is 8.93. The maximum Gasteiger partial charge on any atom is 0.209 e. The lowest BCUT2D eigenvalue weighted by Crippen LogP contribution is -2.08. The van der Waals surface area contributed by atoms with Crippen LogP contribution < -0.4 is 0 Å². The molecule has 0 aromatic carbocycles. The van der Waals surface area contributed by atoms with Crippen molar-refractivity contribution >= 4 is 17.5 Å². The number of carbonyl (C=O) groups is 1. The minimum absolute atomic E-state index is 0.0304. The molecule has 0 bridgehead atoms. The van der Waals surface area contributed by atoms with E-state index in [0.29, 0.717) is 16.5 Å². The summed E-state index contributed by atoms with van der Waals surface area (Å²) in [4.78, 5) is 12.7. The van der Waals surface area contributed by atoms with Crippen molar-refractivity contribution in [2.75, 3.05) is 5.75 Å². The number of aromatic nitrogens is 6. The summed E-state index contributed by atoms with van der Waals surface area (Å²) in [7, 11) is 0. The minimum Gasteiger partial charge on any atom is -0.360 e. The van der Waals surface area contributed by atoms with Crippen LogP contribution >= 0.6 is 11.8 Å². The molecule has 3 aromatic rings. The molecule has 0 atom stereocenters. The van der Waals surface area contributed by atoms with Crippen molar-refractivity contribution in [2.24, 2.45) is 0 Å². The van der Waals surface area contributed by atoms with Crippen molar-refractivity contribution in [3.8, 4) is 5.82 Å². The van der Waals surface area contributed by atoms with E-state index < -0.39 is 0 Å². The van der Waals surface area contributed by atoms with Gasteiger partial charge in [-0.05, 0) is 51.1 Å². The highest BCUT2D eigenvalue weighted by Gasteiger charge is 2.20. The predicted molar refractivity (Wildman–Crippen MR) is 93.3 cm³/mol. The monoisotopic (exact) mass is 360 g/mol. The highest BCUT2D eigenvalue weighted by Crippen LogP contribution is 2.24. The van der Waals surface area contributed by atoms with Crippen molar-refractivity contribution in [2.45, 2.75) is 45.8 Å². The minimum atomic E-state index is 0.0304. The van der Waals surface area contributed by atoms with Crippen LogP contribution in [0.4, 0.5) is 0 Å². The number of thioether (sulfide) groups is 1. The second-order valence-electron chi connectivity index (χ2n) is 6.13. The molecule has 0 spiro atoms. The van der Waals surface area contributed by atoms with E-state index in [1.165, 1.54) is 11.8 Å². The van der Waals surface area contributed by atoms with E-state index in [2.05, 4.69) is 20.7 Å². The zero-order valence-electron chi connectivity index (χ0n) is 14.8. The number of carbonyl (C=O) groups excluding carboxylic acids is 1. The topological polar surface area (TPSA) is 91.6 Å². The SMILES string of the molecule is Cc1cc(-n2c(C)cc(C(=O)CSc3nnnn3C(C)C)c2C)no1. The predicted octanol–water partition coefficient (Wildman–Crippen LogP) is 2.93. The molecule has 132 valence electrons. The van der Waals surface area contributed by atoms with Crippen molar-refractivity contribution in [3.05, 3.63) is 34.8 Å². The molecule has 0 aliphatic heterocycles. The summed E-state index contributed by atoms with van der Waals surface area (Å²) in [6, 6.07) is 3.88. The Bertz CT molecular complexity index is 908. The molecular weight excluding hydrogens is 340 g/mol. The van der Waals surface area contributed by atoms with E-state index in [1.807, 2.05) is 51.3 Å². The Morgan fingerprint density at radius 1 is 1.28 bits per heavy atom. The van der Waals surface area contributed by atoms with Gasteiger partial charge in [-0.25, -0.2) is 4.68 Å². The molecule has 3 rings (SSSR count). The van der Waals surface area contributed by atoms with Crippen LogP contribution in [-0.2, 0) is 0 Å². The number of rotatable bonds is 6. The Balaban J connectivity index is 1.80. The molecule has 0 unspecified atom stereocenters. The van der Waals surface area contributed by atoms with E-state index in [9.17, 15) is 4.79 Å². The Morgan fingerprint density at radius 3 is 2.68 bits per heavy atom. The zero-order valence-corrected chi connectivity index (χ0v) is 15.7. The summed E-state index contributed by atoms with van der Waals surface area (Å²) in [5.74, 6) is 1.71. The lowest BCUT2D eigenvalue weighted by Gasteiger charge is -2.07. The molecule has 8 nitrogen and oxygen atoms in total. The van der Waals surface area contributed by atoms with Crippen LogP contribution in [0.2, 0.25) is 0 Å². The lowest BCUT2D eigenvalue weighted by atomic mass is 10.2. The van der Waals surface area contributed by atoms with Gasteiger partial charge in [0.25, 0.3) is 0 Å². The number of hydrogen-bond acceptors (Lipinski definition) is 7. The maximum absolute atomic E-state index is 12.7. The number of hydrogen-bond donors (Lipinski definition) is 0. The largest absolute Gasteiger partial charge is 0.360 e. The molecule has 0 radical (unpaired) electrons. The number of aryl methyl sites for hydroxylation is 2. The van der Waals surface area contributed by atoms with Gasteiger partial charge in [-0.3, -0.25) is 9.36 Å². The first-order chi connectivity index (χ1) is 11.9. The molecule has 3 heterocycles. The van der Waals surface area contributed by atoms with Crippen molar-refractivity contribution in [1.29, 1.82) is 0 Å². The van der Waals surface area contributed by atoms with Crippen LogP contribution in [0.5, 0.6) is 0 Å². The molecule has 25 heavy (non-hydrogen) atoms. The van der Waals surface area contributed by atoms with E-state index in [1.54, 1.807) is 4.68 Å². The van der Waals surface area contributed by atoms with Crippen LogP contribution in [-0.4, -0.2) is 41.5 Å². The summed E-state index contributed by atoms with van der Waals surface area (Å²) in [6.45, 7) is 9.69. The third kappa shape index (κ3) is 3.37. The molecule has 0 aliphatic rings. The molecule has 0 saturated heterocycles. The second-order valence-corrected chi connectivity index (χ2v) is 7.07. The van der Waals surface area contributed by atoms with Gasteiger partial charge >= 0.3 is 0 Å². The Kier molecular flexibility index (Phi) is 4.76. The normalized spacial score (nSPS) is 11.4. The fraction of sp³-hybridized carbons (Fsp3) is 0.438. The molecule has 0 saturated carbocycles.